The molecule has 1 amide bonds. The quantitative estimate of drug-likeness (QED) is 0.409. The summed E-state index contributed by atoms with van der Waals surface area (Å²) in [6.45, 7) is 1.50. The van der Waals surface area contributed by atoms with Crippen molar-refractivity contribution in [3.63, 3.8) is 0 Å². The molecule has 1 aliphatic carbocycles. The highest BCUT2D eigenvalue weighted by molar-refractivity contribution is 6.59. The first-order valence-electron chi connectivity index (χ1n) is 9.62. The summed E-state index contributed by atoms with van der Waals surface area (Å²) < 4.78 is 10.7. The summed E-state index contributed by atoms with van der Waals surface area (Å²) in [6.07, 6.45) is 0. The lowest BCUT2D eigenvalue weighted by molar-refractivity contribution is -0.123. The Morgan fingerprint density at radius 1 is 1.03 bits per heavy atom. The van der Waals surface area contributed by atoms with Crippen LogP contribution in [0, 0.1) is 6.92 Å². The van der Waals surface area contributed by atoms with Crippen molar-refractivity contribution in [1.29, 1.82) is 0 Å². The molecule has 0 fully saturated rings. The second-order valence-corrected chi connectivity index (χ2v) is 7.23. The fourth-order valence-corrected chi connectivity index (χ4v) is 3.78. The molecule has 0 bridgehead atoms. The summed E-state index contributed by atoms with van der Waals surface area (Å²) >= 11 is 0. The largest absolute Gasteiger partial charge is 0.484 e. The van der Waals surface area contributed by atoms with Crippen molar-refractivity contribution < 1.29 is 18.7 Å². The van der Waals surface area contributed by atoms with Crippen LogP contribution in [-0.2, 0) is 4.79 Å². The van der Waals surface area contributed by atoms with Crippen molar-refractivity contribution in [2.45, 2.75) is 6.92 Å². The van der Waals surface area contributed by atoms with E-state index in [1.54, 1.807) is 24.3 Å². The number of rotatable bonds is 4. The number of nitrogens with one attached hydrogen (secondary N) is 1. The summed E-state index contributed by atoms with van der Waals surface area (Å²) in [5, 5.41) is 6.63. The fourth-order valence-electron chi connectivity index (χ4n) is 3.78. The monoisotopic (exact) mass is 412 g/mol. The predicted molar refractivity (Wildman–Crippen MR) is 116 cm³/mol. The number of aryl methyl sites for hydroxylation is 1. The van der Waals surface area contributed by atoms with Crippen LogP contribution in [0.15, 0.2) is 75.0 Å². The van der Waals surface area contributed by atoms with E-state index in [1.807, 2.05) is 37.3 Å². The second-order valence-electron chi connectivity index (χ2n) is 7.23. The van der Waals surface area contributed by atoms with E-state index in [2.05, 4.69) is 10.5 Å². The number of carbonyl (C=O) groups is 2. The zero-order chi connectivity index (χ0) is 21.5. The van der Waals surface area contributed by atoms with Gasteiger partial charge in [-0.3, -0.25) is 9.59 Å². The molecule has 7 heteroatoms. The van der Waals surface area contributed by atoms with E-state index >= 15 is 0 Å². The molecular weight excluding hydrogens is 396 g/mol. The Kier molecular flexibility index (Phi) is 4.36. The number of Topliss-reactive ketones (excluding diaryl/α,β-unsaturated/α-hetero) is 1. The number of carbonyl (C=O) groups excluding carboxylic acids is 2. The molecule has 1 heterocycles. The van der Waals surface area contributed by atoms with E-state index < -0.39 is 11.5 Å². The minimum Gasteiger partial charge on any atom is -0.484 e. The Balaban J connectivity index is 1.31. The highest BCUT2D eigenvalue weighted by Gasteiger charge is 2.28. The molecule has 7 nitrogen and oxygen atoms in total. The lowest BCUT2D eigenvalue weighted by atomic mass is 10.1. The van der Waals surface area contributed by atoms with Crippen molar-refractivity contribution in [2.75, 3.05) is 6.61 Å². The number of ketones is 1. The van der Waals surface area contributed by atoms with Gasteiger partial charge in [0.05, 0.1) is 0 Å². The van der Waals surface area contributed by atoms with Gasteiger partial charge in [0.15, 0.2) is 6.61 Å². The van der Waals surface area contributed by atoms with Crippen LogP contribution in [0.25, 0.3) is 21.7 Å². The average Bonchev–Trinajstić information content (AvgIpc) is 3.03. The van der Waals surface area contributed by atoms with Crippen molar-refractivity contribution >= 4 is 39.1 Å². The molecule has 5 rings (SSSR count). The van der Waals surface area contributed by atoms with E-state index in [9.17, 15) is 14.4 Å². The van der Waals surface area contributed by atoms with Crippen LogP contribution in [0.1, 0.15) is 21.5 Å². The molecule has 152 valence electrons. The summed E-state index contributed by atoms with van der Waals surface area (Å²) in [5.74, 6) is -0.375. The molecule has 1 aliphatic rings. The number of nitrogens with zero attached hydrogens (tertiary/aromatic N) is 1. The molecule has 0 unspecified atom stereocenters. The Morgan fingerprint density at radius 2 is 1.81 bits per heavy atom. The van der Waals surface area contributed by atoms with Crippen molar-refractivity contribution in [1.82, 2.24) is 5.43 Å². The molecule has 0 spiro atoms. The molecule has 31 heavy (non-hydrogen) atoms. The SMILES string of the molecule is Cc1cc(=O)oc2cc(OCC(=O)N/N=C3\C(=O)c4cccc5cccc3c45)ccc12. The Morgan fingerprint density at radius 3 is 2.61 bits per heavy atom. The van der Waals surface area contributed by atoms with Gasteiger partial charge in [-0.15, -0.1) is 0 Å². The zero-order valence-corrected chi connectivity index (χ0v) is 16.5. The maximum atomic E-state index is 12.7. The van der Waals surface area contributed by atoms with E-state index in [1.165, 1.54) is 6.07 Å². The molecule has 0 radical (unpaired) electrons. The van der Waals surface area contributed by atoms with Gasteiger partial charge in [-0.25, -0.2) is 10.2 Å². The van der Waals surface area contributed by atoms with Crippen LogP contribution in [0.4, 0.5) is 0 Å². The molecule has 3 aromatic carbocycles. The highest BCUT2D eigenvalue weighted by atomic mass is 16.5. The molecule has 0 aliphatic heterocycles. The van der Waals surface area contributed by atoms with Crippen LogP contribution < -0.4 is 15.8 Å². The van der Waals surface area contributed by atoms with Gasteiger partial charge in [0, 0.05) is 34.0 Å². The Bertz CT molecular complexity index is 1480. The van der Waals surface area contributed by atoms with Crippen LogP contribution >= 0.6 is 0 Å². The molecule has 1 aromatic heterocycles. The summed E-state index contributed by atoms with van der Waals surface area (Å²) in [6, 6.07) is 17.5. The normalized spacial score (nSPS) is 13.8. The highest BCUT2D eigenvalue weighted by Crippen LogP contribution is 2.30. The second kappa shape index (κ2) is 7.21. The van der Waals surface area contributed by atoms with E-state index in [-0.39, 0.29) is 18.1 Å². The number of benzene rings is 3. The summed E-state index contributed by atoms with van der Waals surface area (Å²) in [4.78, 5) is 36.5. The number of hydrazone groups is 1. The number of hydrogen-bond acceptors (Lipinski definition) is 6. The molecule has 4 aromatic rings. The fraction of sp³-hybridized carbons (Fsp3) is 0.0833. The first-order valence-corrected chi connectivity index (χ1v) is 9.62. The third-order valence-corrected chi connectivity index (χ3v) is 5.20. The van der Waals surface area contributed by atoms with Gasteiger partial charge in [0.25, 0.3) is 5.91 Å². The van der Waals surface area contributed by atoms with Crippen LogP contribution in [-0.4, -0.2) is 24.0 Å². The molecular formula is C24H16N2O5. The Labute approximate surface area is 175 Å². The van der Waals surface area contributed by atoms with Crippen LogP contribution in [0.2, 0.25) is 0 Å². The van der Waals surface area contributed by atoms with E-state index in [0.717, 1.165) is 21.7 Å². The third kappa shape index (κ3) is 3.26. The summed E-state index contributed by atoms with van der Waals surface area (Å²) in [5.41, 5.74) is 4.58. The maximum Gasteiger partial charge on any atom is 0.336 e. The van der Waals surface area contributed by atoms with Gasteiger partial charge in [0.1, 0.15) is 17.0 Å². The van der Waals surface area contributed by atoms with E-state index in [0.29, 0.717) is 22.5 Å². The topological polar surface area (TPSA) is 98.0 Å². The molecule has 0 saturated carbocycles. The lowest BCUT2D eigenvalue weighted by Gasteiger charge is -2.07. The van der Waals surface area contributed by atoms with Crippen LogP contribution in [0.5, 0.6) is 5.75 Å². The number of ether oxygens (including phenoxy) is 1. The number of fused-ring (bicyclic) bond motifs is 1. The standard InChI is InChI=1S/C24H16N2O5/c1-13-10-21(28)31-19-11-15(8-9-16(13)19)30-12-20(27)25-26-23-17-6-2-4-14-5-3-7-18(22(14)17)24(23)29/h2-11H,12H2,1H3,(H,25,27)/b26-23-. The minimum absolute atomic E-state index is 0.197. The number of amides is 1. The van der Waals surface area contributed by atoms with Crippen molar-refractivity contribution in [3.8, 4) is 5.75 Å². The minimum atomic E-state index is -0.519. The summed E-state index contributed by atoms with van der Waals surface area (Å²) in [7, 11) is 0. The first kappa shape index (κ1) is 18.7. The van der Waals surface area contributed by atoms with Gasteiger partial charge in [-0.05, 0) is 30.0 Å². The lowest BCUT2D eigenvalue weighted by Crippen LogP contribution is -2.27. The first-order chi connectivity index (χ1) is 15.0. The predicted octanol–water partition coefficient (Wildman–Crippen LogP) is 3.35. The van der Waals surface area contributed by atoms with Crippen LogP contribution in [0.3, 0.4) is 0 Å². The van der Waals surface area contributed by atoms with Gasteiger partial charge in [-0.1, -0.05) is 36.4 Å². The molecule has 0 saturated heterocycles. The smallest absolute Gasteiger partial charge is 0.336 e. The number of hydrogen-bond donors (Lipinski definition) is 1. The van der Waals surface area contributed by atoms with Gasteiger partial charge >= 0.3 is 5.63 Å². The van der Waals surface area contributed by atoms with Crippen molar-refractivity contribution in [2.24, 2.45) is 5.10 Å². The van der Waals surface area contributed by atoms with Crippen molar-refractivity contribution in [3.05, 3.63) is 87.8 Å². The zero-order valence-electron chi connectivity index (χ0n) is 16.5. The van der Waals surface area contributed by atoms with Gasteiger partial charge in [-0.2, -0.15) is 5.10 Å². The van der Waals surface area contributed by atoms with E-state index in [4.69, 9.17) is 9.15 Å². The van der Waals surface area contributed by atoms with Gasteiger partial charge < -0.3 is 9.15 Å². The van der Waals surface area contributed by atoms with Gasteiger partial charge in [0.2, 0.25) is 5.78 Å². The molecule has 1 N–H and O–H groups in total. The third-order valence-electron chi connectivity index (χ3n) is 5.20. The Hall–Kier alpha value is -4.26. The average molecular weight is 412 g/mol. The maximum absolute atomic E-state index is 12.7. The molecule has 0 atom stereocenters.